The lowest BCUT2D eigenvalue weighted by Crippen LogP contribution is -2.28. The zero-order chi connectivity index (χ0) is 14.7. The van der Waals surface area contributed by atoms with Crippen LogP contribution in [0.1, 0.15) is 46.3 Å². The highest BCUT2D eigenvalue weighted by molar-refractivity contribution is 7.14. The number of carbonyl (C=O) groups excluding carboxylic acids is 1. The standard InChI is InChI=1S/C15H21NO3S/c1-3-12-10(2)8-13(20-12)15(19)16-7-6-11(9-16)4-5-14(17)18/h8,11H,3-7,9H2,1-2H3,(H,17,18). The Bertz CT molecular complexity index is 509. The fraction of sp³-hybridized carbons (Fsp3) is 0.600. The van der Waals surface area contributed by atoms with Crippen molar-refractivity contribution in [1.82, 2.24) is 4.90 Å². The Balaban J connectivity index is 1.95. The maximum absolute atomic E-state index is 12.4. The van der Waals surface area contributed by atoms with Crippen molar-refractivity contribution in [1.29, 1.82) is 0 Å². The van der Waals surface area contributed by atoms with Gasteiger partial charge < -0.3 is 10.0 Å². The van der Waals surface area contributed by atoms with Crippen molar-refractivity contribution in [2.24, 2.45) is 5.92 Å². The van der Waals surface area contributed by atoms with Gasteiger partial charge in [0.05, 0.1) is 4.88 Å². The summed E-state index contributed by atoms with van der Waals surface area (Å²) in [6.07, 6.45) is 2.75. The van der Waals surface area contributed by atoms with E-state index in [1.54, 1.807) is 11.3 Å². The van der Waals surface area contributed by atoms with Crippen molar-refractivity contribution in [2.45, 2.75) is 39.5 Å². The molecule has 20 heavy (non-hydrogen) atoms. The Morgan fingerprint density at radius 3 is 2.85 bits per heavy atom. The third-order valence-electron chi connectivity index (χ3n) is 3.89. The molecule has 0 spiro atoms. The number of nitrogens with zero attached hydrogens (tertiary/aromatic N) is 1. The van der Waals surface area contributed by atoms with E-state index in [-0.39, 0.29) is 12.3 Å². The zero-order valence-corrected chi connectivity index (χ0v) is 12.8. The van der Waals surface area contributed by atoms with E-state index in [0.717, 1.165) is 24.3 Å². The second kappa shape index (κ2) is 6.39. The Kier molecular flexibility index (Phi) is 4.81. The maximum atomic E-state index is 12.4. The summed E-state index contributed by atoms with van der Waals surface area (Å²) in [5.74, 6) is -0.311. The summed E-state index contributed by atoms with van der Waals surface area (Å²) >= 11 is 1.59. The third kappa shape index (κ3) is 3.39. The topological polar surface area (TPSA) is 57.6 Å². The minimum Gasteiger partial charge on any atom is -0.481 e. The number of hydrogen-bond acceptors (Lipinski definition) is 3. The molecule has 1 fully saturated rings. The minimum absolute atomic E-state index is 0.107. The van der Waals surface area contributed by atoms with E-state index in [1.807, 2.05) is 17.9 Å². The summed E-state index contributed by atoms with van der Waals surface area (Å²) in [5, 5.41) is 8.71. The van der Waals surface area contributed by atoms with Gasteiger partial charge in [0.1, 0.15) is 0 Å². The maximum Gasteiger partial charge on any atom is 0.303 e. The summed E-state index contributed by atoms with van der Waals surface area (Å²) in [5.41, 5.74) is 1.20. The summed E-state index contributed by atoms with van der Waals surface area (Å²) in [6, 6.07) is 1.98. The summed E-state index contributed by atoms with van der Waals surface area (Å²) in [6.45, 7) is 5.60. The predicted octanol–water partition coefficient (Wildman–Crippen LogP) is 2.95. The number of aryl methyl sites for hydroxylation is 2. The van der Waals surface area contributed by atoms with E-state index in [4.69, 9.17) is 5.11 Å². The molecule has 1 saturated heterocycles. The van der Waals surface area contributed by atoms with Crippen molar-refractivity contribution < 1.29 is 14.7 Å². The molecule has 1 aliphatic rings. The molecule has 1 amide bonds. The number of hydrogen-bond donors (Lipinski definition) is 1. The molecule has 0 aromatic carbocycles. The highest BCUT2D eigenvalue weighted by atomic mass is 32.1. The largest absolute Gasteiger partial charge is 0.481 e. The summed E-state index contributed by atoms with van der Waals surface area (Å²) in [7, 11) is 0. The first-order valence-corrected chi connectivity index (χ1v) is 7.93. The van der Waals surface area contributed by atoms with Crippen molar-refractivity contribution in [3.8, 4) is 0 Å². The van der Waals surface area contributed by atoms with Gasteiger partial charge in [-0.15, -0.1) is 11.3 Å². The van der Waals surface area contributed by atoms with E-state index in [1.165, 1.54) is 10.4 Å². The monoisotopic (exact) mass is 295 g/mol. The van der Waals surface area contributed by atoms with Gasteiger partial charge >= 0.3 is 5.97 Å². The number of amides is 1. The fourth-order valence-electron chi connectivity index (χ4n) is 2.71. The summed E-state index contributed by atoms with van der Waals surface area (Å²) < 4.78 is 0. The molecule has 0 saturated carbocycles. The van der Waals surface area contributed by atoms with Crippen LogP contribution < -0.4 is 0 Å². The highest BCUT2D eigenvalue weighted by Crippen LogP contribution is 2.27. The van der Waals surface area contributed by atoms with E-state index < -0.39 is 5.97 Å². The van der Waals surface area contributed by atoms with Crippen LogP contribution in [0.4, 0.5) is 0 Å². The van der Waals surface area contributed by atoms with Crippen LogP contribution in [-0.4, -0.2) is 35.0 Å². The molecule has 1 unspecified atom stereocenters. The lowest BCUT2D eigenvalue weighted by molar-refractivity contribution is -0.137. The van der Waals surface area contributed by atoms with Gasteiger partial charge in [0.15, 0.2) is 0 Å². The van der Waals surface area contributed by atoms with Gasteiger partial charge in [-0.3, -0.25) is 9.59 Å². The molecule has 110 valence electrons. The Hall–Kier alpha value is -1.36. The first kappa shape index (κ1) is 15.0. The van der Waals surface area contributed by atoms with Crippen molar-refractivity contribution in [3.63, 3.8) is 0 Å². The Morgan fingerprint density at radius 2 is 2.25 bits per heavy atom. The number of carboxylic acids is 1. The van der Waals surface area contributed by atoms with Crippen LogP contribution in [0.3, 0.4) is 0 Å². The number of rotatable bonds is 5. The summed E-state index contributed by atoms with van der Waals surface area (Å²) in [4.78, 5) is 27.0. The molecule has 0 radical (unpaired) electrons. The Labute approximate surface area is 123 Å². The highest BCUT2D eigenvalue weighted by Gasteiger charge is 2.28. The average Bonchev–Trinajstić information content (AvgIpc) is 3.02. The van der Waals surface area contributed by atoms with Gasteiger partial charge in [-0.05, 0) is 43.7 Å². The lowest BCUT2D eigenvalue weighted by Gasteiger charge is -2.15. The minimum atomic E-state index is -0.753. The van der Waals surface area contributed by atoms with E-state index in [2.05, 4.69) is 6.92 Å². The number of aliphatic carboxylic acids is 1. The SMILES string of the molecule is CCc1sc(C(=O)N2CCC(CCC(=O)O)C2)cc1C. The van der Waals surface area contributed by atoms with Crippen LogP contribution >= 0.6 is 11.3 Å². The van der Waals surface area contributed by atoms with E-state index >= 15 is 0 Å². The predicted molar refractivity (Wildman–Crippen MR) is 79.3 cm³/mol. The molecule has 0 bridgehead atoms. The van der Waals surface area contributed by atoms with Crippen LogP contribution in [0.25, 0.3) is 0 Å². The molecule has 1 aromatic rings. The van der Waals surface area contributed by atoms with Gasteiger partial charge in [0.25, 0.3) is 5.91 Å². The number of carbonyl (C=O) groups is 2. The molecule has 0 aliphatic carbocycles. The molecule has 1 atom stereocenters. The van der Waals surface area contributed by atoms with Crippen LogP contribution in [0.15, 0.2) is 6.07 Å². The average molecular weight is 295 g/mol. The zero-order valence-electron chi connectivity index (χ0n) is 12.0. The second-order valence-electron chi connectivity index (χ2n) is 5.41. The van der Waals surface area contributed by atoms with Crippen molar-refractivity contribution in [2.75, 3.05) is 13.1 Å². The molecular formula is C15H21NO3S. The lowest BCUT2D eigenvalue weighted by atomic mass is 10.0. The molecule has 5 heteroatoms. The number of thiophene rings is 1. The van der Waals surface area contributed by atoms with E-state index in [9.17, 15) is 9.59 Å². The van der Waals surface area contributed by atoms with E-state index in [0.29, 0.717) is 18.9 Å². The van der Waals surface area contributed by atoms with Gasteiger partial charge in [-0.1, -0.05) is 6.92 Å². The molecular weight excluding hydrogens is 274 g/mol. The quantitative estimate of drug-likeness (QED) is 0.908. The van der Waals surface area contributed by atoms with Gasteiger partial charge in [-0.25, -0.2) is 0 Å². The molecule has 1 aliphatic heterocycles. The first-order chi connectivity index (χ1) is 9.51. The third-order valence-corrected chi connectivity index (χ3v) is 5.26. The molecule has 2 heterocycles. The molecule has 4 nitrogen and oxygen atoms in total. The normalized spacial score (nSPS) is 18.5. The molecule has 1 N–H and O–H groups in total. The van der Waals surface area contributed by atoms with Gasteiger partial charge in [0.2, 0.25) is 0 Å². The Morgan fingerprint density at radius 1 is 1.50 bits per heavy atom. The van der Waals surface area contributed by atoms with Crippen molar-refractivity contribution >= 4 is 23.2 Å². The van der Waals surface area contributed by atoms with Crippen molar-refractivity contribution in [3.05, 3.63) is 21.4 Å². The van der Waals surface area contributed by atoms with Crippen LogP contribution in [-0.2, 0) is 11.2 Å². The molecule has 2 rings (SSSR count). The fourth-order valence-corrected chi connectivity index (χ4v) is 3.79. The smallest absolute Gasteiger partial charge is 0.303 e. The van der Waals surface area contributed by atoms with Crippen LogP contribution in [0, 0.1) is 12.8 Å². The number of likely N-dealkylation sites (tertiary alicyclic amines) is 1. The van der Waals surface area contributed by atoms with Crippen LogP contribution in [0.5, 0.6) is 0 Å². The van der Waals surface area contributed by atoms with Gasteiger partial charge in [0, 0.05) is 24.4 Å². The van der Waals surface area contributed by atoms with Gasteiger partial charge in [-0.2, -0.15) is 0 Å². The molecule has 1 aromatic heterocycles. The van der Waals surface area contributed by atoms with Crippen LogP contribution in [0.2, 0.25) is 0 Å². The first-order valence-electron chi connectivity index (χ1n) is 7.11. The second-order valence-corrected chi connectivity index (χ2v) is 6.55. The number of carboxylic acid groups (broad SMARTS) is 1.